The second-order valence-electron chi connectivity index (χ2n) is 6.86. The number of allylic oxidation sites excluding steroid dienone is 1. The minimum Gasteiger partial charge on any atom is -0.497 e. The van der Waals surface area contributed by atoms with Gasteiger partial charge in [-0.25, -0.2) is 0 Å². The summed E-state index contributed by atoms with van der Waals surface area (Å²) in [5.41, 5.74) is 2.89. The van der Waals surface area contributed by atoms with Crippen LogP contribution < -0.4 is 19.9 Å². The molecule has 0 unspecified atom stereocenters. The molecule has 1 aliphatic rings. The molecule has 2 aromatic carbocycles. The Labute approximate surface area is 194 Å². The summed E-state index contributed by atoms with van der Waals surface area (Å²) in [5.74, 6) is 1.20. The average Bonchev–Trinajstić information content (AvgIpc) is 3.37. The van der Waals surface area contributed by atoms with Crippen molar-refractivity contribution in [2.45, 2.75) is 4.34 Å². The van der Waals surface area contributed by atoms with Gasteiger partial charge in [0, 0.05) is 19.8 Å². The smallest absolute Gasteiger partial charge is 0.210 e. The molecule has 4 rings (SSSR count). The third-order valence-corrected chi connectivity index (χ3v) is 6.90. The van der Waals surface area contributed by atoms with Gasteiger partial charge in [0.25, 0.3) is 0 Å². The Morgan fingerprint density at radius 2 is 1.78 bits per heavy atom. The number of anilines is 4. The normalized spacial score (nSPS) is 12.4. The lowest BCUT2D eigenvalue weighted by atomic mass is 10.2. The van der Waals surface area contributed by atoms with E-state index in [2.05, 4.69) is 21.6 Å². The summed E-state index contributed by atoms with van der Waals surface area (Å²) in [6, 6.07) is 17.4. The van der Waals surface area contributed by atoms with Crippen molar-refractivity contribution in [3.8, 4) is 11.8 Å². The van der Waals surface area contributed by atoms with E-state index in [0.717, 1.165) is 22.8 Å². The number of rotatable bonds is 7. The van der Waals surface area contributed by atoms with Gasteiger partial charge in [0.05, 0.1) is 24.2 Å². The maximum absolute atomic E-state index is 12.9. The van der Waals surface area contributed by atoms with Crippen LogP contribution >= 0.6 is 23.1 Å². The maximum atomic E-state index is 12.9. The Balaban J connectivity index is 1.43. The number of carbonyl (C=O) groups excluding carboxylic acids is 1. The number of hydrogen-bond acceptors (Lipinski definition) is 10. The first kappa shape index (κ1) is 21.7. The number of nitriles is 1. The topological polar surface area (TPSA) is 94.4 Å². The number of carbonyl (C=O) groups is 1. The number of thioether (sulfide) groups is 1. The molecule has 3 aromatic rings. The van der Waals surface area contributed by atoms with Crippen LogP contribution in [0.25, 0.3) is 0 Å². The van der Waals surface area contributed by atoms with Crippen molar-refractivity contribution in [2.75, 3.05) is 42.1 Å². The van der Waals surface area contributed by atoms with Crippen LogP contribution in [0.1, 0.15) is 0 Å². The van der Waals surface area contributed by atoms with Gasteiger partial charge in [0.15, 0.2) is 10.1 Å². The maximum Gasteiger partial charge on any atom is 0.210 e. The number of benzene rings is 2. The molecule has 0 atom stereocenters. The highest BCUT2D eigenvalue weighted by Crippen LogP contribution is 2.40. The Kier molecular flexibility index (Phi) is 6.30. The highest BCUT2D eigenvalue weighted by molar-refractivity contribution is 8.01. The predicted octanol–water partition coefficient (Wildman–Crippen LogP) is 4.27. The highest BCUT2D eigenvalue weighted by Gasteiger charge is 2.31. The molecule has 0 amide bonds. The number of aromatic nitrogens is 2. The van der Waals surface area contributed by atoms with Crippen LogP contribution in [-0.4, -0.2) is 42.9 Å². The molecule has 1 aliphatic heterocycles. The first-order valence-electron chi connectivity index (χ1n) is 9.63. The fraction of sp³-hybridized carbons (Fsp3) is 0.182. The predicted molar refractivity (Wildman–Crippen MR) is 128 cm³/mol. The lowest BCUT2D eigenvalue weighted by Gasteiger charge is -2.19. The summed E-state index contributed by atoms with van der Waals surface area (Å²) in [7, 11) is 5.34. The quantitative estimate of drug-likeness (QED) is 0.312. The fourth-order valence-corrected chi connectivity index (χ4v) is 5.02. The van der Waals surface area contributed by atoms with Crippen molar-refractivity contribution in [2.24, 2.45) is 0 Å². The van der Waals surface area contributed by atoms with E-state index in [4.69, 9.17) is 4.74 Å². The van der Waals surface area contributed by atoms with Crippen molar-refractivity contribution in [3.63, 3.8) is 0 Å². The second kappa shape index (κ2) is 9.30. The molecule has 0 spiro atoms. The standard InChI is InChI=1S/C22H20N6O2S2/c1-27-17-6-4-5-7-18(17)28(2)20(27)16(12-23)19(29)13-31-22-26-25-21(32-22)24-14-8-10-15(30-3)11-9-14/h4-11H,13H2,1-3H3,(H,24,25). The van der Waals surface area contributed by atoms with Crippen molar-refractivity contribution in [1.29, 1.82) is 5.26 Å². The molecule has 10 heteroatoms. The Morgan fingerprint density at radius 3 is 2.38 bits per heavy atom. The summed E-state index contributed by atoms with van der Waals surface area (Å²) in [5, 5.41) is 21.8. The Morgan fingerprint density at radius 1 is 1.12 bits per heavy atom. The summed E-state index contributed by atoms with van der Waals surface area (Å²) in [6.45, 7) is 0. The van der Waals surface area contributed by atoms with Crippen molar-refractivity contribution >= 4 is 51.1 Å². The number of methoxy groups -OCH3 is 1. The number of nitrogens with one attached hydrogen (secondary N) is 1. The van der Waals surface area contributed by atoms with Gasteiger partial charge >= 0.3 is 0 Å². The molecule has 0 aliphatic carbocycles. The average molecular weight is 465 g/mol. The summed E-state index contributed by atoms with van der Waals surface area (Å²) < 4.78 is 5.80. The molecule has 0 saturated carbocycles. The minimum atomic E-state index is -0.251. The number of para-hydroxylation sites is 2. The second-order valence-corrected chi connectivity index (χ2v) is 9.06. The SMILES string of the molecule is COc1ccc(Nc2nnc(SCC(=O)C(C#N)=C3N(C)c4ccccc4N3C)s2)cc1. The molecule has 1 N–H and O–H groups in total. The Bertz CT molecular complexity index is 1180. The summed E-state index contributed by atoms with van der Waals surface area (Å²) in [6.07, 6.45) is 0. The van der Waals surface area contributed by atoms with E-state index in [1.807, 2.05) is 72.4 Å². The molecule has 162 valence electrons. The largest absolute Gasteiger partial charge is 0.497 e. The molecule has 0 bridgehead atoms. The van der Waals surface area contributed by atoms with Crippen LogP contribution in [-0.2, 0) is 4.79 Å². The van der Waals surface area contributed by atoms with E-state index in [1.54, 1.807) is 7.11 Å². The zero-order chi connectivity index (χ0) is 22.7. The van der Waals surface area contributed by atoms with E-state index in [-0.39, 0.29) is 17.1 Å². The first-order valence-corrected chi connectivity index (χ1v) is 11.4. The van der Waals surface area contributed by atoms with E-state index >= 15 is 0 Å². The van der Waals surface area contributed by atoms with Crippen LogP contribution in [0.3, 0.4) is 0 Å². The van der Waals surface area contributed by atoms with Crippen LogP contribution in [0.5, 0.6) is 5.75 Å². The van der Waals surface area contributed by atoms with E-state index in [0.29, 0.717) is 15.3 Å². The van der Waals surface area contributed by atoms with Gasteiger partial charge in [-0.3, -0.25) is 4.79 Å². The molecule has 0 fully saturated rings. The van der Waals surface area contributed by atoms with Gasteiger partial charge in [0.2, 0.25) is 5.13 Å². The zero-order valence-electron chi connectivity index (χ0n) is 17.7. The van der Waals surface area contributed by atoms with E-state index < -0.39 is 0 Å². The third kappa shape index (κ3) is 4.26. The zero-order valence-corrected chi connectivity index (χ0v) is 19.3. The van der Waals surface area contributed by atoms with E-state index in [1.165, 1.54) is 23.1 Å². The van der Waals surface area contributed by atoms with Crippen LogP contribution in [0.4, 0.5) is 22.2 Å². The number of hydrogen-bond donors (Lipinski definition) is 1. The van der Waals surface area contributed by atoms with E-state index in [9.17, 15) is 10.1 Å². The van der Waals surface area contributed by atoms with Gasteiger partial charge in [-0.1, -0.05) is 35.2 Å². The number of ether oxygens (including phenoxy) is 1. The lowest BCUT2D eigenvalue weighted by Crippen LogP contribution is -2.26. The molecular formula is C22H20N6O2S2. The minimum absolute atomic E-state index is 0.0988. The van der Waals surface area contributed by atoms with Gasteiger partial charge in [0.1, 0.15) is 23.2 Å². The third-order valence-electron chi connectivity index (χ3n) is 4.93. The Hall–Kier alpha value is -3.55. The summed E-state index contributed by atoms with van der Waals surface area (Å²) >= 11 is 2.62. The van der Waals surface area contributed by atoms with Gasteiger partial charge in [-0.05, 0) is 36.4 Å². The van der Waals surface area contributed by atoms with Gasteiger partial charge < -0.3 is 19.9 Å². The number of Topliss-reactive ketones (excluding diaryl/α,β-unsaturated/α-hetero) is 1. The van der Waals surface area contributed by atoms with Crippen LogP contribution in [0.2, 0.25) is 0 Å². The van der Waals surface area contributed by atoms with Gasteiger partial charge in [-0.2, -0.15) is 5.26 Å². The first-order chi connectivity index (χ1) is 15.5. The monoisotopic (exact) mass is 464 g/mol. The van der Waals surface area contributed by atoms with Crippen LogP contribution in [0, 0.1) is 11.3 Å². The lowest BCUT2D eigenvalue weighted by molar-refractivity contribution is -0.112. The van der Waals surface area contributed by atoms with Crippen molar-refractivity contribution in [3.05, 3.63) is 59.9 Å². The van der Waals surface area contributed by atoms with Crippen molar-refractivity contribution in [1.82, 2.24) is 10.2 Å². The molecule has 1 aromatic heterocycles. The highest BCUT2D eigenvalue weighted by atomic mass is 32.2. The molecule has 0 saturated heterocycles. The summed E-state index contributed by atoms with van der Waals surface area (Å²) in [4.78, 5) is 16.7. The van der Waals surface area contributed by atoms with Crippen molar-refractivity contribution < 1.29 is 9.53 Å². The molecule has 0 radical (unpaired) electrons. The number of fused-ring (bicyclic) bond motifs is 1. The van der Waals surface area contributed by atoms with Gasteiger partial charge in [-0.15, -0.1) is 10.2 Å². The molecule has 32 heavy (non-hydrogen) atoms. The molecule has 8 nitrogen and oxygen atoms in total. The fourth-order valence-electron chi connectivity index (χ4n) is 3.37. The molecular weight excluding hydrogens is 444 g/mol. The van der Waals surface area contributed by atoms with Crippen LogP contribution in [0.15, 0.2) is 64.3 Å². The number of ketones is 1. The molecule has 2 heterocycles. The number of nitrogens with zero attached hydrogens (tertiary/aromatic N) is 5.